The van der Waals surface area contributed by atoms with Gasteiger partial charge in [0, 0.05) is 51.0 Å². The number of H-pyrrole nitrogens is 1. The maximum Gasteiger partial charge on any atom is 0.407 e. The number of primary amides is 1. The molecule has 6 N–H and O–H groups in total. The van der Waals surface area contributed by atoms with E-state index in [9.17, 15) is 14.7 Å². The molecule has 0 aliphatic carbocycles. The van der Waals surface area contributed by atoms with Gasteiger partial charge in [0.2, 0.25) is 5.91 Å². The van der Waals surface area contributed by atoms with E-state index in [0.29, 0.717) is 39.1 Å². The number of ether oxygens (including phenoxy) is 2. The number of carbonyl (C=O) groups is 2. The number of amides is 2. The quantitative estimate of drug-likeness (QED) is 0.291. The number of hydrogen-bond acceptors (Lipinski definition) is 8. The van der Waals surface area contributed by atoms with Crippen LogP contribution in [-0.2, 0) is 22.5 Å². The zero-order chi connectivity index (χ0) is 23.6. The van der Waals surface area contributed by atoms with Crippen molar-refractivity contribution in [2.75, 3.05) is 33.3 Å². The molecule has 0 saturated carbocycles. The van der Waals surface area contributed by atoms with Gasteiger partial charge in [-0.25, -0.2) is 9.78 Å². The average Bonchev–Trinajstić information content (AvgIpc) is 3.43. The largest absolute Gasteiger partial charge is 0.497 e. The number of carbonyl (C=O) groups excluding carboxylic acids is 2. The lowest BCUT2D eigenvalue weighted by Gasteiger charge is -2.24. The molecule has 11 heteroatoms. The normalized spacial score (nSPS) is 20.0. The number of hydrogen-bond donors (Lipinski definition) is 5. The van der Waals surface area contributed by atoms with E-state index in [4.69, 9.17) is 15.2 Å². The molecule has 1 aliphatic rings. The summed E-state index contributed by atoms with van der Waals surface area (Å²) in [6.07, 6.45) is 2.06. The second-order valence-electron chi connectivity index (χ2n) is 8.00. The Morgan fingerprint density at radius 3 is 2.76 bits per heavy atom. The van der Waals surface area contributed by atoms with Crippen molar-refractivity contribution in [2.24, 2.45) is 5.73 Å². The Labute approximate surface area is 192 Å². The van der Waals surface area contributed by atoms with Gasteiger partial charge in [0.1, 0.15) is 18.0 Å². The third-order valence-corrected chi connectivity index (χ3v) is 5.54. The molecule has 0 unspecified atom stereocenters. The van der Waals surface area contributed by atoms with Gasteiger partial charge in [-0.05, 0) is 24.1 Å². The first kappa shape index (κ1) is 24.5. The standard InChI is InChI=1S/C22H32N6O5/c1-32-17-4-2-15(3-5-17)10-18-21(19(29)12-26-18)33-22(31)25-7-9-28(8-6-20(23)30)13-16-11-24-14-27-16/h2-5,11,14,18-19,21,26,29H,6-10,12-13H2,1H3,(H2,23,30)(H,24,27)(H,25,31)/t18-,19+,21+/m1/s1. The van der Waals surface area contributed by atoms with Crippen LogP contribution in [0.25, 0.3) is 0 Å². The molecule has 33 heavy (non-hydrogen) atoms. The molecule has 0 spiro atoms. The van der Waals surface area contributed by atoms with Gasteiger partial charge in [-0.3, -0.25) is 9.69 Å². The number of β-amino-alcohol motifs (C(OH)–C–C–N with tert-alkyl or cyclic N) is 1. The summed E-state index contributed by atoms with van der Waals surface area (Å²) in [5, 5.41) is 16.2. The lowest BCUT2D eigenvalue weighted by atomic mass is 10.0. The summed E-state index contributed by atoms with van der Waals surface area (Å²) in [5.74, 6) is 0.380. The van der Waals surface area contributed by atoms with Crippen LogP contribution in [0.3, 0.4) is 0 Å². The molecule has 3 atom stereocenters. The van der Waals surface area contributed by atoms with Crippen molar-refractivity contribution in [1.82, 2.24) is 25.5 Å². The van der Waals surface area contributed by atoms with Crippen LogP contribution in [0.5, 0.6) is 5.75 Å². The third-order valence-electron chi connectivity index (χ3n) is 5.54. The van der Waals surface area contributed by atoms with E-state index >= 15 is 0 Å². The number of nitrogens with two attached hydrogens (primary N) is 1. The molecule has 11 nitrogen and oxygen atoms in total. The summed E-state index contributed by atoms with van der Waals surface area (Å²) in [5.41, 5.74) is 7.20. The number of nitrogens with one attached hydrogen (secondary N) is 3. The van der Waals surface area contributed by atoms with Crippen LogP contribution in [0, 0.1) is 0 Å². The Bertz CT molecular complexity index is 876. The number of benzene rings is 1. The molecule has 2 amide bonds. The lowest BCUT2D eigenvalue weighted by Crippen LogP contribution is -2.43. The minimum atomic E-state index is -0.786. The summed E-state index contributed by atoms with van der Waals surface area (Å²) in [4.78, 5) is 32.5. The first-order valence-electron chi connectivity index (χ1n) is 10.9. The van der Waals surface area contributed by atoms with Crippen LogP contribution in [0.1, 0.15) is 17.7 Å². The van der Waals surface area contributed by atoms with E-state index in [1.807, 2.05) is 29.2 Å². The number of imidazole rings is 1. The molecule has 1 fully saturated rings. The predicted molar refractivity (Wildman–Crippen MR) is 120 cm³/mol. The second-order valence-corrected chi connectivity index (χ2v) is 8.00. The maximum atomic E-state index is 12.4. The molecule has 1 saturated heterocycles. The summed E-state index contributed by atoms with van der Waals surface area (Å²) < 4.78 is 10.7. The van der Waals surface area contributed by atoms with E-state index in [-0.39, 0.29) is 18.4 Å². The van der Waals surface area contributed by atoms with Crippen molar-refractivity contribution in [3.63, 3.8) is 0 Å². The molecule has 1 aromatic heterocycles. The zero-order valence-corrected chi connectivity index (χ0v) is 18.7. The topological polar surface area (TPSA) is 155 Å². The third kappa shape index (κ3) is 7.74. The Morgan fingerprint density at radius 1 is 1.30 bits per heavy atom. The fourth-order valence-electron chi connectivity index (χ4n) is 3.77. The number of methoxy groups -OCH3 is 1. The van der Waals surface area contributed by atoms with Crippen LogP contribution < -0.4 is 21.1 Å². The van der Waals surface area contributed by atoms with Crippen LogP contribution >= 0.6 is 0 Å². The fraction of sp³-hybridized carbons (Fsp3) is 0.500. The van der Waals surface area contributed by atoms with Crippen molar-refractivity contribution in [3.05, 3.63) is 48.0 Å². The Hall–Kier alpha value is -3.15. The molecular weight excluding hydrogens is 428 g/mol. The fourth-order valence-corrected chi connectivity index (χ4v) is 3.77. The number of alkyl carbamates (subject to hydrolysis) is 1. The number of aromatic nitrogens is 2. The van der Waals surface area contributed by atoms with E-state index < -0.39 is 18.3 Å². The molecule has 0 bridgehead atoms. The monoisotopic (exact) mass is 460 g/mol. The molecule has 0 radical (unpaired) electrons. The number of aromatic amines is 1. The molecule has 2 aromatic rings. The highest BCUT2D eigenvalue weighted by Crippen LogP contribution is 2.19. The molecule has 180 valence electrons. The maximum absolute atomic E-state index is 12.4. The number of nitrogens with zero attached hydrogens (tertiary/aromatic N) is 2. The van der Waals surface area contributed by atoms with Crippen LogP contribution in [0.4, 0.5) is 4.79 Å². The van der Waals surface area contributed by atoms with Gasteiger partial charge in [-0.15, -0.1) is 0 Å². The minimum Gasteiger partial charge on any atom is -0.497 e. The zero-order valence-electron chi connectivity index (χ0n) is 18.7. The lowest BCUT2D eigenvalue weighted by molar-refractivity contribution is -0.118. The first-order chi connectivity index (χ1) is 15.9. The van der Waals surface area contributed by atoms with Gasteiger partial charge in [0.05, 0.1) is 19.5 Å². The summed E-state index contributed by atoms with van der Waals surface area (Å²) in [6.45, 7) is 2.15. The molecular formula is C22H32N6O5. The number of aliphatic hydroxyl groups is 1. The summed E-state index contributed by atoms with van der Waals surface area (Å²) >= 11 is 0. The smallest absolute Gasteiger partial charge is 0.407 e. The van der Waals surface area contributed by atoms with Gasteiger partial charge in [-0.2, -0.15) is 0 Å². The van der Waals surface area contributed by atoms with Crippen molar-refractivity contribution >= 4 is 12.0 Å². The van der Waals surface area contributed by atoms with E-state index in [0.717, 1.165) is 17.0 Å². The van der Waals surface area contributed by atoms with Gasteiger partial charge in [0.15, 0.2) is 0 Å². The van der Waals surface area contributed by atoms with Crippen molar-refractivity contribution in [2.45, 2.75) is 37.6 Å². The van der Waals surface area contributed by atoms with Crippen LogP contribution in [-0.4, -0.2) is 83.5 Å². The van der Waals surface area contributed by atoms with Gasteiger partial charge in [-0.1, -0.05) is 12.1 Å². The Balaban J connectivity index is 1.47. The van der Waals surface area contributed by atoms with E-state index in [1.54, 1.807) is 19.6 Å². The van der Waals surface area contributed by atoms with Crippen LogP contribution in [0.15, 0.2) is 36.8 Å². The van der Waals surface area contributed by atoms with E-state index in [2.05, 4.69) is 20.6 Å². The van der Waals surface area contributed by atoms with Gasteiger partial charge >= 0.3 is 6.09 Å². The highest BCUT2D eigenvalue weighted by atomic mass is 16.6. The summed E-state index contributed by atoms with van der Waals surface area (Å²) in [6, 6.07) is 7.44. The van der Waals surface area contributed by atoms with Gasteiger partial charge < -0.3 is 35.9 Å². The second kappa shape index (κ2) is 12.2. The Kier molecular flexibility index (Phi) is 9.04. The van der Waals surface area contributed by atoms with Crippen molar-refractivity contribution < 1.29 is 24.2 Å². The Morgan fingerprint density at radius 2 is 2.09 bits per heavy atom. The number of rotatable bonds is 12. The average molecular weight is 461 g/mol. The minimum absolute atomic E-state index is 0.202. The van der Waals surface area contributed by atoms with Crippen molar-refractivity contribution in [3.8, 4) is 5.75 Å². The molecule has 2 heterocycles. The van der Waals surface area contributed by atoms with Gasteiger partial charge in [0.25, 0.3) is 0 Å². The SMILES string of the molecule is COc1ccc(C[C@H]2NC[C@H](O)[C@H]2OC(=O)NCCN(CCC(N)=O)Cc2cnc[nH]2)cc1. The first-order valence-corrected chi connectivity index (χ1v) is 10.9. The predicted octanol–water partition coefficient (Wildman–Crippen LogP) is -0.234. The molecule has 1 aliphatic heterocycles. The highest BCUT2D eigenvalue weighted by molar-refractivity contribution is 5.73. The van der Waals surface area contributed by atoms with Crippen LogP contribution in [0.2, 0.25) is 0 Å². The molecule has 1 aromatic carbocycles. The summed E-state index contributed by atoms with van der Waals surface area (Å²) in [7, 11) is 1.61. The van der Waals surface area contributed by atoms with E-state index in [1.165, 1.54) is 0 Å². The molecule has 3 rings (SSSR count). The number of aliphatic hydroxyl groups excluding tert-OH is 1. The van der Waals surface area contributed by atoms with Crippen molar-refractivity contribution in [1.29, 1.82) is 0 Å². The highest BCUT2D eigenvalue weighted by Gasteiger charge is 2.37.